The largest absolute Gasteiger partial charge is 0.491 e. The van der Waals surface area contributed by atoms with Crippen LogP contribution >= 0.6 is 0 Å². The van der Waals surface area contributed by atoms with Gasteiger partial charge in [0.2, 0.25) is 0 Å². The number of nitrogens with zero attached hydrogens (tertiary/aromatic N) is 2. The van der Waals surface area contributed by atoms with E-state index < -0.39 is 0 Å². The van der Waals surface area contributed by atoms with Gasteiger partial charge in [0.1, 0.15) is 12.4 Å². The van der Waals surface area contributed by atoms with Gasteiger partial charge in [-0.15, -0.1) is 0 Å². The lowest BCUT2D eigenvalue weighted by molar-refractivity contribution is 0.0185. The molecule has 6 nitrogen and oxygen atoms in total. The van der Waals surface area contributed by atoms with Crippen molar-refractivity contribution in [2.24, 2.45) is 0 Å². The number of piperazine rings is 1. The minimum absolute atomic E-state index is 0.0203. The molecule has 2 saturated heterocycles. The quantitative estimate of drug-likeness (QED) is 0.895. The average Bonchev–Trinajstić information content (AvgIpc) is 3.06. The molecule has 0 saturated carbocycles. The van der Waals surface area contributed by atoms with Crippen molar-refractivity contribution < 1.29 is 14.3 Å². The molecule has 1 unspecified atom stereocenters. The molecule has 130 valence electrons. The fourth-order valence-electron chi connectivity index (χ4n) is 3.86. The van der Waals surface area contributed by atoms with Crippen LogP contribution < -0.4 is 10.1 Å². The molecule has 6 heteroatoms. The number of hydrogen-bond donors (Lipinski definition) is 1. The number of para-hydroxylation sites is 1. The molecule has 1 N–H and O–H groups in total. The molecule has 24 heavy (non-hydrogen) atoms. The third-order valence-corrected chi connectivity index (χ3v) is 5.31. The van der Waals surface area contributed by atoms with Gasteiger partial charge < -0.3 is 19.7 Å². The number of carbonyl (C=O) groups excluding carboxylic acids is 1. The third-order valence-electron chi connectivity index (χ3n) is 5.31. The fraction of sp³-hybridized carbons (Fsp3) is 0.611. The van der Waals surface area contributed by atoms with E-state index in [1.54, 1.807) is 0 Å². The summed E-state index contributed by atoms with van der Waals surface area (Å²) in [5, 5.41) is 3.12. The number of hydrogen-bond acceptors (Lipinski definition) is 4. The summed E-state index contributed by atoms with van der Waals surface area (Å²) >= 11 is 0. The molecule has 0 aliphatic carbocycles. The van der Waals surface area contributed by atoms with Gasteiger partial charge in [-0.1, -0.05) is 18.2 Å². The molecule has 0 aromatic heterocycles. The number of urea groups is 1. The maximum Gasteiger partial charge on any atom is 0.318 e. The second-order valence-corrected chi connectivity index (χ2v) is 6.72. The number of carbonyl (C=O) groups is 1. The summed E-state index contributed by atoms with van der Waals surface area (Å²) in [5.74, 6) is 0.882. The predicted molar refractivity (Wildman–Crippen MR) is 90.2 cm³/mol. The number of benzene rings is 1. The maximum atomic E-state index is 12.6. The lowest BCUT2D eigenvalue weighted by Crippen LogP contribution is -2.55. The van der Waals surface area contributed by atoms with Gasteiger partial charge in [0.05, 0.1) is 6.04 Å². The molecule has 3 aliphatic heterocycles. The van der Waals surface area contributed by atoms with E-state index in [1.807, 2.05) is 29.2 Å². The molecule has 1 aromatic carbocycles. The van der Waals surface area contributed by atoms with Crippen LogP contribution in [0.25, 0.3) is 0 Å². The van der Waals surface area contributed by atoms with E-state index in [0.717, 1.165) is 63.5 Å². The predicted octanol–water partition coefficient (Wildman–Crippen LogP) is 1.63. The molecule has 1 aromatic rings. The molecule has 3 heterocycles. The van der Waals surface area contributed by atoms with Gasteiger partial charge in [-0.25, -0.2) is 4.79 Å². The summed E-state index contributed by atoms with van der Waals surface area (Å²) in [6.45, 7) is 5.74. The number of rotatable bonds is 2. The zero-order chi connectivity index (χ0) is 16.4. The number of nitrogens with one attached hydrogen (secondary N) is 1. The topological polar surface area (TPSA) is 54.0 Å². The molecular weight excluding hydrogens is 306 g/mol. The zero-order valence-electron chi connectivity index (χ0n) is 13.9. The van der Waals surface area contributed by atoms with Crippen molar-refractivity contribution in [3.8, 4) is 5.75 Å². The number of ether oxygens (including phenoxy) is 2. The molecule has 0 spiro atoms. The maximum absolute atomic E-state index is 12.6. The summed E-state index contributed by atoms with van der Waals surface area (Å²) in [7, 11) is 0. The Bertz CT molecular complexity index is 581. The van der Waals surface area contributed by atoms with Gasteiger partial charge >= 0.3 is 6.03 Å². The normalized spacial score (nSPS) is 25.2. The van der Waals surface area contributed by atoms with E-state index in [2.05, 4.69) is 10.2 Å². The lowest BCUT2D eigenvalue weighted by atomic mass is 10.1. The van der Waals surface area contributed by atoms with Gasteiger partial charge in [0.25, 0.3) is 0 Å². The minimum atomic E-state index is -0.0396. The Kier molecular flexibility index (Phi) is 4.58. The van der Waals surface area contributed by atoms with E-state index in [4.69, 9.17) is 9.47 Å². The summed E-state index contributed by atoms with van der Waals surface area (Å²) in [6, 6.07) is 8.52. The van der Waals surface area contributed by atoms with Crippen LogP contribution in [0.1, 0.15) is 24.4 Å². The van der Waals surface area contributed by atoms with Gasteiger partial charge in [-0.05, 0) is 18.9 Å². The van der Waals surface area contributed by atoms with Crippen LogP contribution in [-0.2, 0) is 4.74 Å². The summed E-state index contributed by atoms with van der Waals surface area (Å²) in [6.07, 6.45) is 2.23. The van der Waals surface area contributed by atoms with Gasteiger partial charge in [0, 0.05) is 51.0 Å². The summed E-state index contributed by atoms with van der Waals surface area (Å²) in [5.41, 5.74) is 1.08. The van der Waals surface area contributed by atoms with Crippen LogP contribution in [0.2, 0.25) is 0 Å². The first kappa shape index (κ1) is 15.7. The Balaban J connectivity index is 1.29. The van der Waals surface area contributed by atoms with Crippen molar-refractivity contribution in [1.29, 1.82) is 0 Å². The van der Waals surface area contributed by atoms with E-state index in [-0.39, 0.29) is 12.1 Å². The third kappa shape index (κ3) is 3.21. The minimum Gasteiger partial charge on any atom is -0.491 e. The van der Waals surface area contributed by atoms with Crippen LogP contribution in [0.3, 0.4) is 0 Å². The van der Waals surface area contributed by atoms with Crippen LogP contribution in [0.4, 0.5) is 4.79 Å². The molecule has 4 rings (SSSR count). The Morgan fingerprint density at radius 2 is 1.83 bits per heavy atom. The highest BCUT2D eigenvalue weighted by molar-refractivity contribution is 5.75. The fourth-order valence-corrected chi connectivity index (χ4v) is 3.86. The molecule has 3 aliphatic rings. The molecular formula is C18H25N3O3. The summed E-state index contributed by atoms with van der Waals surface area (Å²) in [4.78, 5) is 17.0. The average molecular weight is 331 g/mol. The Morgan fingerprint density at radius 3 is 2.62 bits per heavy atom. The molecule has 2 fully saturated rings. The van der Waals surface area contributed by atoms with Crippen LogP contribution in [0.15, 0.2) is 24.3 Å². The highest BCUT2D eigenvalue weighted by atomic mass is 16.5. The van der Waals surface area contributed by atoms with Crippen molar-refractivity contribution in [3.63, 3.8) is 0 Å². The van der Waals surface area contributed by atoms with Crippen molar-refractivity contribution in [3.05, 3.63) is 29.8 Å². The monoisotopic (exact) mass is 331 g/mol. The Morgan fingerprint density at radius 1 is 1.08 bits per heavy atom. The highest BCUT2D eigenvalue weighted by Gasteiger charge is 2.30. The zero-order valence-corrected chi connectivity index (χ0v) is 13.9. The van der Waals surface area contributed by atoms with Gasteiger partial charge in [-0.2, -0.15) is 0 Å². The highest BCUT2D eigenvalue weighted by Crippen LogP contribution is 2.31. The van der Waals surface area contributed by atoms with Crippen molar-refractivity contribution in [1.82, 2.24) is 15.1 Å². The van der Waals surface area contributed by atoms with E-state index in [9.17, 15) is 4.79 Å². The molecule has 1 atom stereocenters. The lowest BCUT2D eigenvalue weighted by Gasteiger charge is -2.40. The molecule has 0 bridgehead atoms. The second-order valence-electron chi connectivity index (χ2n) is 6.72. The molecule has 2 amide bonds. The first-order valence-corrected chi connectivity index (χ1v) is 8.90. The summed E-state index contributed by atoms with van der Waals surface area (Å²) < 4.78 is 11.1. The van der Waals surface area contributed by atoms with Crippen LogP contribution in [0, 0.1) is 0 Å². The van der Waals surface area contributed by atoms with Gasteiger partial charge in [-0.3, -0.25) is 4.90 Å². The first-order valence-electron chi connectivity index (χ1n) is 8.90. The van der Waals surface area contributed by atoms with Crippen molar-refractivity contribution in [2.75, 3.05) is 46.0 Å². The smallest absolute Gasteiger partial charge is 0.318 e. The second kappa shape index (κ2) is 6.99. The van der Waals surface area contributed by atoms with Crippen molar-refractivity contribution in [2.45, 2.75) is 24.9 Å². The number of amides is 2. The molecule has 0 radical (unpaired) electrons. The number of fused-ring (bicyclic) bond motifs is 1. The SMILES string of the molecule is O=C(NC1COc2ccccc21)N1CCN(C2CCOCC2)CC1. The van der Waals surface area contributed by atoms with Crippen molar-refractivity contribution >= 4 is 6.03 Å². The van der Waals surface area contributed by atoms with Crippen LogP contribution in [0.5, 0.6) is 5.75 Å². The standard InChI is InChI=1S/C18H25N3O3/c22-18(19-16-13-24-17-4-2-1-3-15(16)17)21-9-7-20(8-10-21)14-5-11-23-12-6-14/h1-4,14,16H,5-13H2,(H,19,22). The first-order chi connectivity index (χ1) is 11.8. The van der Waals surface area contributed by atoms with Crippen LogP contribution in [-0.4, -0.2) is 67.9 Å². The Hall–Kier alpha value is -1.79. The van der Waals surface area contributed by atoms with E-state index >= 15 is 0 Å². The van der Waals surface area contributed by atoms with Gasteiger partial charge in [0.15, 0.2) is 0 Å². The Labute approximate surface area is 142 Å². The van der Waals surface area contributed by atoms with E-state index in [1.165, 1.54) is 0 Å². The van der Waals surface area contributed by atoms with E-state index in [0.29, 0.717) is 12.6 Å².